The summed E-state index contributed by atoms with van der Waals surface area (Å²) in [4.78, 5) is 35.6. The van der Waals surface area contributed by atoms with Crippen LogP contribution in [0.3, 0.4) is 0 Å². The molecule has 10 nitrogen and oxygen atoms in total. The molecule has 1 saturated heterocycles. The Bertz CT molecular complexity index is 676. The Morgan fingerprint density at radius 1 is 1.39 bits per heavy atom. The van der Waals surface area contributed by atoms with Crippen molar-refractivity contribution >= 4 is 23.3 Å². The highest BCUT2D eigenvalue weighted by Gasteiger charge is 2.34. The van der Waals surface area contributed by atoms with Gasteiger partial charge < -0.3 is 19.3 Å². The van der Waals surface area contributed by atoms with E-state index >= 15 is 0 Å². The number of piperidine rings is 1. The fourth-order valence-corrected chi connectivity index (χ4v) is 3.35. The molecule has 1 aliphatic rings. The highest BCUT2D eigenvalue weighted by atomic mass is 16.6. The lowest BCUT2D eigenvalue weighted by Crippen LogP contribution is -2.39. The van der Waals surface area contributed by atoms with Crippen molar-refractivity contribution in [2.75, 3.05) is 49.8 Å². The summed E-state index contributed by atoms with van der Waals surface area (Å²) in [7, 11) is 1.59. The van der Waals surface area contributed by atoms with Crippen molar-refractivity contribution in [1.29, 1.82) is 0 Å². The molecule has 1 fully saturated rings. The van der Waals surface area contributed by atoms with Crippen molar-refractivity contribution in [3.05, 3.63) is 16.4 Å². The Morgan fingerprint density at radius 3 is 2.61 bits per heavy atom. The number of esters is 1. The molecule has 0 bridgehead atoms. The molecule has 2 heterocycles. The maximum Gasteiger partial charge on any atom is 0.353 e. The highest BCUT2D eigenvalue weighted by Crippen LogP contribution is 2.36. The Kier molecular flexibility index (Phi) is 7.91. The van der Waals surface area contributed by atoms with Crippen LogP contribution in [0.4, 0.5) is 17.3 Å². The lowest BCUT2D eigenvalue weighted by molar-refractivity contribution is -0.383. The number of ether oxygens (including phenoxy) is 2. The minimum atomic E-state index is -0.426. The lowest BCUT2D eigenvalue weighted by Gasteiger charge is -2.32. The van der Waals surface area contributed by atoms with E-state index in [1.165, 1.54) is 6.33 Å². The zero-order valence-electron chi connectivity index (χ0n) is 17.0. The molecule has 0 aliphatic carbocycles. The van der Waals surface area contributed by atoms with Gasteiger partial charge in [0.2, 0.25) is 11.6 Å². The van der Waals surface area contributed by atoms with E-state index in [4.69, 9.17) is 9.47 Å². The van der Waals surface area contributed by atoms with Crippen LogP contribution in [0.5, 0.6) is 0 Å². The molecule has 28 heavy (non-hydrogen) atoms. The molecule has 0 saturated carbocycles. The highest BCUT2D eigenvalue weighted by molar-refractivity contribution is 5.74. The van der Waals surface area contributed by atoms with Gasteiger partial charge in [-0.2, -0.15) is 0 Å². The largest absolute Gasteiger partial charge is 0.466 e. The minimum Gasteiger partial charge on any atom is -0.466 e. The van der Waals surface area contributed by atoms with Crippen LogP contribution >= 0.6 is 0 Å². The van der Waals surface area contributed by atoms with Crippen molar-refractivity contribution in [3.8, 4) is 0 Å². The smallest absolute Gasteiger partial charge is 0.353 e. The summed E-state index contributed by atoms with van der Waals surface area (Å²) in [5.74, 6) is 0.200. The van der Waals surface area contributed by atoms with Gasteiger partial charge >= 0.3 is 11.7 Å². The number of carbonyl (C=O) groups is 1. The zero-order valence-corrected chi connectivity index (χ0v) is 17.0. The first kappa shape index (κ1) is 21.8. The first-order chi connectivity index (χ1) is 13.4. The maximum absolute atomic E-state index is 11.9. The molecule has 2 rings (SSSR count). The van der Waals surface area contributed by atoms with Crippen molar-refractivity contribution in [3.63, 3.8) is 0 Å². The first-order valence-corrected chi connectivity index (χ1v) is 9.57. The van der Waals surface area contributed by atoms with Crippen LogP contribution in [0.15, 0.2) is 6.33 Å². The number of carbonyl (C=O) groups excluding carboxylic acids is 1. The summed E-state index contributed by atoms with van der Waals surface area (Å²) in [6.45, 7) is 7.95. The van der Waals surface area contributed by atoms with Gasteiger partial charge in [0, 0.05) is 32.8 Å². The van der Waals surface area contributed by atoms with Crippen molar-refractivity contribution in [1.82, 2.24) is 9.97 Å². The third kappa shape index (κ3) is 5.06. The summed E-state index contributed by atoms with van der Waals surface area (Å²) in [5.41, 5.74) is -0.109. The second-order valence-electron chi connectivity index (χ2n) is 6.92. The molecule has 0 atom stereocenters. The van der Waals surface area contributed by atoms with Crippen LogP contribution in [0.2, 0.25) is 0 Å². The van der Waals surface area contributed by atoms with E-state index in [-0.39, 0.29) is 29.4 Å². The van der Waals surface area contributed by atoms with E-state index in [0.29, 0.717) is 51.5 Å². The third-order valence-corrected chi connectivity index (χ3v) is 4.81. The average Bonchev–Trinajstić information content (AvgIpc) is 2.68. The van der Waals surface area contributed by atoms with Gasteiger partial charge in [0.05, 0.1) is 24.1 Å². The predicted octanol–water partition coefficient (Wildman–Crippen LogP) is 2.03. The third-order valence-electron chi connectivity index (χ3n) is 4.81. The summed E-state index contributed by atoms with van der Waals surface area (Å²) >= 11 is 0. The van der Waals surface area contributed by atoms with E-state index in [9.17, 15) is 14.9 Å². The van der Waals surface area contributed by atoms with Gasteiger partial charge in [-0.15, -0.1) is 0 Å². The minimum absolute atomic E-state index is 0.00569. The van der Waals surface area contributed by atoms with E-state index in [1.807, 2.05) is 23.6 Å². The number of nitrogens with zero attached hydrogens (tertiary/aromatic N) is 5. The normalized spacial score (nSPS) is 15.0. The number of rotatable bonds is 9. The van der Waals surface area contributed by atoms with Crippen LogP contribution in [0.25, 0.3) is 0 Å². The lowest BCUT2D eigenvalue weighted by atomic mass is 9.97. The molecule has 1 aliphatic heterocycles. The molecule has 1 aromatic heterocycles. The molecular weight excluding hydrogens is 366 g/mol. The zero-order chi connectivity index (χ0) is 20.7. The van der Waals surface area contributed by atoms with Gasteiger partial charge in [0.15, 0.2) is 0 Å². The average molecular weight is 395 g/mol. The second-order valence-corrected chi connectivity index (χ2v) is 6.92. The van der Waals surface area contributed by atoms with Gasteiger partial charge in [-0.1, -0.05) is 0 Å². The van der Waals surface area contributed by atoms with Gasteiger partial charge in [0.25, 0.3) is 0 Å². The van der Waals surface area contributed by atoms with Crippen LogP contribution in [0, 0.1) is 16.0 Å². The number of methoxy groups -OCH3 is 1. The number of nitro groups is 1. The summed E-state index contributed by atoms with van der Waals surface area (Å²) in [5, 5.41) is 11.9. The Hall–Kier alpha value is -2.49. The number of aromatic nitrogens is 2. The molecule has 0 unspecified atom stereocenters. The fraction of sp³-hybridized carbons (Fsp3) is 0.722. The van der Waals surface area contributed by atoms with E-state index in [1.54, 1.807) is 14.0 Å². The van der Waals surface area contributed by atoms with Gasteiger partial charge in [-0.25, -0.2) is 9.97 Å². The van der Waals surface area contributed by atoms with Crippen LogP contribution in [-0.4, -0.2) is 66.9 Å². The van der Waals surface area contributed by atoms with E-state index in [0.717, 1.165) is 0 Å². The molecule has 0 N–H and O–H groups in total. The summed E-state index contributed by atoms with van der Waals surface area (Å²) in [6.07, 6.45) is 2.51. The summed E-state index contributed by atoms with van der Waals surface area (Å²) in [6, 6.07) is 0.00569. The predicted molar refractivity (Wildman–Crippen MR) is 105 cm³/mol. The molecule has 0 spiro atoms. The van der Waals surface area contributed by atoms with Crippen molar-refractivity contribution in [2.24, 2.45) is 5.92 Å². The van der Waals surface area contributed by atoms with Crippen molar-refractivity contribution < 1.29 is 19.2 Å². The standard InChI is InChI=1S/C18H29N5O5/c1-5-28-18(24)14-6-8-21(9-7-14)16-15(23(25)26)17(20-12-19-16)22(13(2)3)10-11-27-4/h12-14H,5-11H2,1-4H3. The van der Waals surface area contributed by atoms with Gasteiger partial charge in [0.1, 0.15) is 6.33 Å². The number of anilines is 2. The quantitative estimate of drug-likeness (QED) is 0.352. The molecule has 0 radical (unpaired) electrons. The Morgan fingerprint density at radius 2 is 2.07 bits per heavy atom. The Labute approximate surface area is 165 Å². The first-order valence-electron chi connectivity index (χ1n) is 9.57. The molecule has 10 heteroatoms. The SMILES string of the molecule is CCOC(=O)C1CCN(c2ncnc(N(CCOC)C(C)C)c2[N+](=O)[O-])CC1. The topological polar surface area (TPSA) is 111 Å². The Balaban J connectivity index is 2.28. The maximum atomic E-state index is 11.9. The summed E-state index contributed by atoms with van der Waals surface area (Å²) < 4.78 is 10.2. The number of hydrogen-bond acceptors (Lipinski definition) is 9. The molecule has 0 aromatic carbocycles. The second kappa shape index (κ2) is 10.2. The van der Waals surface area contributed by atoms with Crippen LogP contribution < -0.4 is 9.80 Å². The van der Waals surface area contributed by atoms with Gasteiger partial charge in [-0.05, 0) is 33.6 Å². The van der Waals surface area contributed by atoms with Gasteiger partial charge in [-0.3, -0.25) is 14.9 Å². The van der Waals surface area contributed by atoms with E-state index < -0.39 is 4.92 Å². The molecule has 156 valence electrons. The number of hydrogen-bond donors (Lipinski definition) is 0. The van der Waals surface area contributed by atoms with Crippen molar-refractivity contribution in [2.45, 2.75) is 39.7 Å². The fourth-order valence-electron chi connectivity index (χ4n) is 3.35. The molecule has 0 amide bonds. The van der Waals surface area contributed by atoms with Crippen LogP contribution in [0.1, 0.15) is 33.6 Å². The van der Waals surface area contributed by atoms with Crippen LogP contribution in [-0.2, 0) is 14.3 Å². The molecule has 1 aromatic rings. The monoisotopic (exact) mass is 395 g/mol. The molecular formula is C18H29N5O5. The van der Waals surface area contributed by atoms with E-state index in [2.05, 4.69) is 9.97 Å².